The summed E-state index contributed by atoms with van der Waals surface area (Å²) >= 11 is 0.611. The Kier molecular flexibility index (Phi) is 8.95. The van der Waals surface area contributed by atoms with Gasteiger partial charge in [0.2, 0.25) is 0 Å². The number of halogens is 1. The van der Waals surface area contributed by atoms with Crippen LogP contribution in [0, 0.1) is 18.8 Å². The molecule has 0 spiro atoms. The third kappa shape index (κ3) is 6.15. The Morgan fingerprint density at radius 2 is 1.91 bits per heavy atom. The number of hydrogen-bond donors (Lipinski definition) is 2. The van der Waals surface area contributed by atoms with Crippen LogP contribution < -0.4 is 5.32 Å². The third-order valence-corrected chi connectivity index (χ3v) is 5.80. The van der Waals surface area contributed by atoms with Gasteiger partial charge < -0.3 is 11.5 Å². The van der Waals surface area contributed by atoms with Crippen LogP contribution in [0.5, 0.6) is 0 Å². The summed E-state index contributed by atoms with van der Waals surface area (Å²) in [5.74, 6) is 1.18. The molecule has 0 radical (unpaired) electrons. The standard InChI is InChI=1S/C24H28FN4.H2N.O.Os/c1-15-11-18(24(2,3)4)13-21(26-15)16-9-10-17(12-16)22-14-23(29-28-22)27-20-8-6-5-7-19(20)25;;;/h6-8,11,13-14,16-17H,9-10,12H2,1-4H3,(H2,27,28,29);1H2;;/q2*-1;;. The van der Waals surface area contributed by atoms with Gasteiger partial charge in [0.1, 0.15) is 0 Å². The summed E-state index contributed by atoms with van der Waals surface area (Å²) in [6, 6.07) is 13.9. The summed E-state index contributed by atoms with van der Waals surface area (Å²) in [6.45, 7) is 8.82. The van der Waals surface area contributed by atoms with Gasteiger partial charge in [0.05, 0.1) is 0 Å². The van der Waals surface area contributed by atoms with Crippen molar-refractivity contribution in [2.24, 2.45) is 0 Å². The maximum absolute atomic E-state index is 13.8. The van der Waals surface area contributed by atoms with Crippen LogP contribution >= 0.6 is 0 Å². The molecule has 2 unspecified atom stereocenters. The Hall–Kier alpha value is -2.29. The predicted octanol–water partition coefficient (Wildman–Crippen LogP) is 6.74. The van der Waals surface area contributed by atoms with E-state index < -0.39 is 0 Å². The summed E-state index contributed by atoms with van der Waals surface area (Å²) in [7, 11) is 0. The zero-order valence-corrected chi connectivity index (χ0v) is 21.4. The van der Waals surface area contributed by atoms with E-state index in [4.69, 9.17) is 8.52 Å². The minimum absolute atomic E-state index is 0. The van der Waals surface area contributed by atoms with Crippen molar-refractivity contribution in [3.05, 3.63) is 77.1 Å². The van der Waals surface area contributed by atoms with Gasteiger partial charge in [-0.3, -0.25) is 14.5 Å². The first-order valence-corrected chi connectivity index (χ1v) is 11.4. The van der Waals surface area contributed by atoms with Crippen molar-refractivity contribution in [3.8, 4) is 0 Å². The van der Waals surface area contributed by atoms with E-state index in [1.54, 1.807) is 12.1 Å². The third-order valence-electron chi connectivity index (χ3n) is 5.80. The van der Waals surface area contributed by atoms with E-state index in [0.717, 1.165) is 30.7 Å². The summed E-state index contributed by atoms with van der Waals surface area (Å²) in [4.78, 5) is 4.85. The minimum atomic E-state index is -0.335. The maximum atomic E-state index is 13.8. The van der Waals surface area contributed by atoms with Gasteiger partial charge in [-0.05, 0) is 55.0 Å². The Labute approximate surface area is 199 Å². The Morgan fingerprint density at radius 1 is 1.19 bits per heavy atom. The van der Waals surface area contributed by atoms with E-state index in [9.17, 15) is 4.39 Å². The molecule has 1 fully saturated rings. The number of nitrogens with zero attached hydrogens (tertiary/aromatic N) is 2. The number of rotatable bonds is 4. The van der Waals surface area contributed by atoms with Gasteiger partial charge in [0.15, 0.2) is 5.82 Å². The topological polar surface area (TPSA) is 104 Å². The average molecular weight is 614 g/mol. The summed E-state index contributed by atoms with van der Waals surface area (Å²) in [5, 5.41) is 10.5. The van der Waals surface area contributed by atoms with E-state index in [1.165, 1.54) is 17.3 Å². The number of hydrogen-bond acceptors (Lipinski definition) is 4. The van der Waals surface area contributed by atoms with Gasteiger partial charge in [-0.25, -0.2) is 0 Å². The molecule has 1 aliphatic rings. The van der Waals surface area contributed by atoms with Crippen LogP contribution in [0.1, 0.15) is 74.5 Å². The predicted molar refractivity (Wildman–Crippen MR) is 120 cm³/mol. The van der Waals surface area contributed by atoms with Gasteiger partial charge >= 0.3 is 22.1 Å². The Bertz CT molecular complexity index is 1030. The molecule has 6 nitrogen and oxygen atoms in total. The Morgan fingerprint density at radius 3 is 2.59 bits per heavy atom. The molecule has 0 bridgehead atoms. The van der Waals surface area contributed by atoms with Gasteiger partial charge in [0.25, 0.3) is 0 Å². The molecule has 4 N–H and O–H groups in total. The number of H-pyrrole nitrogens is 1. The molecule has 174 valence electrons. The number of pyridine rings is 1. The number of anilines is 2. The van der Waals surface area contributed by atoms with E-state index in [1.807, 2.05) is 6.07 Å². The van der Waals surface area contributed by atoms with Gasteiger partial charge in [-0.1, -0.05) is 20.8 Å². The van der Waals surface area contributed by atoms with E-state index in [2.05, 4.69) is 61.4 Å². The van der Waals surface area contributed by atoms with E-state index >= 15 is 0 Å². The number of nitrogens with one attached hydrogen (secondary N) is 2. The number of aromatic amines is 1. The number of nitrogens with two attached hydrogens (primary N) is 1. The fourth-order valence-corrected chi connectivity index (χ4v) is 4.13. The number of benzene rings is 1. The molecule has 0 saturated heterocycles. The average Bonchev–Trinajstić information content (AvgIpc) is 3.40. The van der Waals surface area contributed by atoms with Crippen LogP contribution in [0.15, 0.2) is 36.4 Å². The van der Waals surface area contributed by atoms with Crippen molar-refractivity contribution < 1.29 is 26.5 Å². The molecule has 2 atom stereocenters. The Balaban J connectivity index is 0.00000118. The van der Waals surface area contributed by atoms with Gasteiger partial charge in [-0.2, -0.15) is 17.2 Å². The van der Waals surface area contributed by atoms with Crippen molar-refractivity contribution in [3.63, 3.8) is 0 Å². The molecule has 32 heavy (non-hydrogen) atoms. The van der Waals surface area contributed by atoms with E-state index in [-0.39, 0.29) is 17.4 Å². The first-order chi connectivity index (χ1) is 14.8. The first kappa shape index (κ1) is 26.0. The molecule has 8 heteroatoms. The molecule has 1 saturated carbocycles. The second-order valence-corrected chi connectivity index (χ2v) is 9.12. The molecule has 2 aromatic heterocycles. The molecular weight excluding hydrogens is 584 g/mol. The summed E-state index contributed by atoms with van der Waals surface area (Å²) in [6.07, 6.45) is 3.27. The van der Waals surface area contributed by atoms with Crippen LogP contribution in [0.3, 0.4) is 0 Å². The van der Waals surface area contributed by atoms with Gasteiger partial charge in [0, 0.05) is 40.8 Å². The molecule has 1 aromatic carbocycles. The second-order valence-electron chi connectivity index (χ2n) is 9.12. The monoisotopic (exact) mass is 615 g/mol. The van der Waals surface area contributed by atoms with Crippen molar-refractivity contribution in [2.75, 3.05) is 5.32 Å². The zero-order chi connectivity index (χ0) is 22.6. The second kappa shape index (κ2) is 11.0. The number of aryl methyl sites for hydroxylation is 1. The van der Waals surface area contributed by atoms with Crippen molar-refractivity contribution in [1.82, 2.24) is 15.2 Å². The van der Waals surface area contributed by atoms with Crippen molar-refractivity contribution in [1.29, 1.82) is 0 Å². The molecule has 1 aliphatic carbocycles. The van der Waals surface area contributed by atoms with Crippen molar-refractivity contribution >= 4 is 11.5 Å². The van der Waals surface area contributed by atoms with E-state index in [0.29, 0.717) is 41.9 Å². The molecule has 4 rings (SSSR count). The fraction of sp³-hybridized carbons (Fsp3) is 0.417. The normalized spacial score (nSPS) is 17.8. The molecule has 0 amide bonds. The molecule has 0 aliphatic heterocycles. The fourth-order valence-electron chi connectivity index (χ4n) is 4.13. The molecule has 2 heterocycles. The van der Waals surface area contributed by atoms with Crippen LogP contribution in [-0.2, 0) is 27.5 Å². The summed E-state index contributed by atoms with van der Waals surface area (Å²) < 4.78 is 22.1. The van der Waals surface area contributed by atoms with Crippen LogP contribution in [0.2, 0.25) is 0 Å². The quantitative estimate of drug-likeness (QED) is 0.318. The number of aromatic nitrogens is 3. The van der Waals surface area contributed by atoms with Crippen LogP contribution in [0.4, 0.5) is 15.9 Å². The van der Waals surface area contributed by atoms with Gasteiger partial charge in [-0.15, -0.1) is 12.1 Å². The SMILES string of the molecule is Cc1cc(C(C)(C)C)cc(C2CCC(c3cc(Nc4cc[c-]cc4F)n[nH]3)C2)n1.[NH2-].[O]=[Os]. The molecule has 3 aromatic rings. The van der Waals surface area contributed by atoms with Crippen molar-refractivity contribution in [2.45, 2.75) is 64.2 Å². The first-order valence-electron chi connectivity index (χ1n) is 10.4. The van der Waals surface area contributed by atoms with Crippen LogP contribution in [-0.4, -0.2) is 15.2 Å². The zero-order valence-electron chi connectivity index (χ0n) is 18.9. The van der Waals surface area contributed by atoms with Crippen LogP contribution in [0.25, 0.3) is 6.15 Å². The molecular formula is C24H30FN5OOs-2. The summed E-state index contributed by atoms with van der Waals surface area (Å²) in [5.41, 5.74) is 5.27.